The number of anilines is 1. The van der Waals surface area contributed by atoms with Gasteiger partial charge in [0.25, 0.3) is 0 Å². The molecule has 3 aliphatic rings. The molecule has 0 radical (unpaired) electrons. The summed E-state index contributed by atoms with van der Waals surface area (Å²) < 4.78 is 34.4. The third-order valence-electron chi connectivity index (χ3n) is 7.34. The Hall–Kier alpha value is -2.38. The number of esters is 1. The SMILES string of the molecule is COC(=O)[C@@H]1CCC[C@@]23Nc4ccccc4[C@@]12CCN3S(=O)(=O)c1ccc(C)cc1. The molecule has 1 saturated carbocycles. The molecule has 1 aliphatic carbocycles. The van der Waals surface area contributed by atoms with Crippen LogP contribution in [0.1, 0.15) is 36.8 Å². The lowest BCUT2D eigenvalue weighted by Crippen LogP contribution is -2.64. The molecular formula is C23H26N2O4S. The Labute approximate surface area is 177 Å². The normalized spacial score (nSPS) is 30.1. The minimum atomic E-state index is -3.75. The predicted octanol–water partition coefficient (Wildman–Crippen LogP) is 3.42. The van der Waals surface area contributed by atoms with Crippen LogP contribution in [-0.4, -0.2) is 38.0 Å². The van der Waals surface area contributed by atoms with E-state index in [1.807, 2.05) is 43.3 Å². The van der Waals surface area contributed by atoms with Gasteiger partial charge in [-0.3, -0.25) is 4.79 Å². The van der Waals surface area contributed by atoms with E-state index < -0.39 is 21.1 Å². The quantitative estimate of drug-likeness (QED) is 0.761. The maximum atomic E-state index is 13.8. The maximum Gasteiger partial charge on any atom is 0.309 e. The van der Waals surface area contributed by atoms with Crippen molar-refractivity contribution in [3.05, 3.63) is 59.7 Å². The molecule has 1 saturated heterocycles. The summed E-state index contributed by atoms with van der Waals surface area (Å²) in [5.74, 6) is -0.641. The summed E-state index contributed by atoms with van der Waals surface area (Å²) in [6, 6.07) is 14.9. The van der Waals surface area contributed by atoms with Crippen molar-refractivity contribution in [3.63, 3.8) is 0 Å². The van der Waals surface area contributed by atoms with Gasteiger partial charge in [0.1, 0.15) is 5.66 Å². The monoisotopic (exact) mass is 426 g/mol. The van der Waals surface area contributed by atoms with Gasteiger partial charge in [-0.15, -0.1) is 0 Å². The van der Waals surface area contributed by atoms with Crippen LogP contribution in [0.2, 0.25) is 0 Å². The number of fused-ring (bicyclic) bond motifs is 1. The summed E-state index contributed by atoms with van der Waals surface area (Å²) in [4.78, 5) is 13.2. The average molecular weight is 427 g/mol. The van der Waals surface area contributed by atoms with Crippen molar-refractivity contribution in [2.45, 2.75) is 48.6 Å². The molecule has 30 heavy (non-hydrogen) atoms. The number of aryl methyl sites for hydroxylation is 1. The number of nitrogens with one attached hydrogen (secondary N) is 1. The molecule has 158 valence electrons. The summed E-state index contributed by atoms with van der Waals surface area (Å²) in [5, 5.41) is 3.59. The fourth-order valence-electron chi connectivity index (χ4n) is 6.13. The van der Waals surface area contributed by atoms with Crippen LogP contribution < -0.4 is 5.32 Å². The van der Waals surface area contributed by atoms with E-state index in [2.05, 4.69) is 5.32 Å². The van der Waals surface area contributed by atoms with E-state index in [0.717, 1.165) is 23.2 Å². The molecule has 3 atom stereocenters. The molecule has 0 unspecified atom stereocenters. The van der Waals surface area contributed by atoms with E-state index in [0.29, 0.717) is 25.8 Å². The number of carbonyl (C=O) groups is 1. The van der Waals surface area contributed by atoms with Crippen LogP contribution in [0.15, 0.2) is 53.4 Å². The third kappa shape index (κ3) is 2.33. The van der Waals surface area contributed by atoms with Crippen molar-refractivity contribution >= 4 is 21.7 Å². The van der Waals surface area contributed by atoms with Gasteiger partial charge in [0.2, 0.25) is 10.0 Å². The third-order valence-corrected chi connectivity index (χ3v) is 9.29. The molecule has 1 N–H and O–H groups in total. The second-order valence-corrected chi connectivity index (χ2v) is 10.5. The van der Waals surface area contributed by atoms with Crippen LogP contribution in [0.5, 0.6) is 0 Å². The first kappa shape index (κ1) is 19.6. The number of para-hydroxylation sites is 1. The van der Waals surface area contributed by atoms with Crippen LogP contribution >= 0.6 is 0 Å². The van der Waals surface area contributed by atoms with E-state index in [9.17, 15) is 13.2 Å². The van der Waals surface area contributed by atoms with Gasteiger partial charge in [-0.05, 0) is 56.4 Å². The lowest BCUT2D eigenvalue weighted by molar-refractivity contribution is -0.151. The summed E-state index contributed by atoms with van der Waals surface area (Å²) in [5.41, 5.74) is 1.46. The van der Waals surface area contributed by atoms with Crippen LogP contribution in [0.3, 0.4) is 0 Å². The first-order valence-corrected chi connectivity index (χ1v) is 11.9. The molecule has 0 bridgehead atoms. The zero-order valence-electron chi connectivity index (χ0n) is 17.2. The molecule has 2 aromatic carbocycles. The molecule has 0 spiro atoms. The lowest BCUT2D eigenvalue weighted by atomic mass is 9.58. The van der Waals surface area contributed by atoms with Crippen molar-refractivity contribution in [3.8, 4) is 0 Å². The number of nitrogens with zero attached hydrogens (tertiary/aromatic N) is 1. The van der Waals surface area contributed by atoms with Crippen LogP contribution in [0.4, 0.5) is 5.69 Å². The Kier molecular flexibility index (Phi) is 4.28. The number of carbonyl (C=O) groups excluding carboxylic acids is 1. The Morgan fingerprint density at radius 2 is 1.87 bits per heavy atom. The van der Waals surface area contributed by atoms with Crippen molar-refractivity contribution in [1.82, 2.24) is 4.31 Å². The van der Waals surface area contributed by atoms with Gasteiger partial charge in [-0.1, -0.05) is 35.9 Å². The summed E-state index contributed by atoms with van der Waals surface area (Å²) in [6.45, 7) is 2.30. The highest BCUT2D eigenvalue weighted by molar-refractivity contribution is 7.89. The van der Waals surface area contributed by atoms with E-state index in [1.54, 1.807) is 16.4 Å². The van der Waals surface area contributed by atoms with Crippen molar-refractivity contribution < 1.29 is 17.9 Å². The summed E-state index contributed by atoms with van der Waals surface area (Å²) in [7, 11) is -2.33. The molecule has 7 heteroatoms. The number of hydrogen-bond donors (Lipinski definition) is 1. The van der Waals surface area contributed by atoms with E-state index in [4.69, 9.17) is 4.74 Å². The van der Waals surface area contributed by atoms with Crippen LogP contribution in [0, 0.1) is 12.8 Å². The number of rotatable bonds is 3. The zero-order chi connectivity index (χ0) is 21.1. The Bertz CT molecular complexity index is 1110. The zero-order valence-corrected chi connectivity index (χ0v) is 18.0. The summed E-state index contributed by atoms with van der Waals surface area (Å²) in [6.07, 6.45) is 2.69. The molecule has 2 aliphatic heterocycles. The first-order chi connectivity index (χ1) is 14.4. The fraction of sp³-hybridized carbons (Fsp3) is 0.435. The highest BCUT2D eigenvalue weighted by Crippen LogP contribution is 2.64. The minimum absolute atomic E-state index is 0.257. The van der Waals surface area contributed by atoms with Crippen molar-refractivity contribution in [2.24, 2.45) is 5.92 Å². The highest BCUT2D eigenvalue weighted by Gasteiger charge is 2.72. The molecule has 2 heterocycles. The number of methoxy groups -OCH3 is 1. The van der Waals surface area contributed by atoms with Crippen molar-refractivity contribution in [2.75, 3.05) is 19.0 Å². The number of sulfonamides is 1. The predicted molar refractivity (Wildman–Crippen MR) is 114 cm³/mol. The second kappa shape index (κ2) is 6.56. The van der Waals surface area contributed by atoms with Gasteiger partial charge in [0.05, 0.1) is 17.9 Å². The molecule has 5 rings (SSSR count). The largest absolute Gasteiger partial charge is 0.469 e. The van der Waals surface area contributed by atoms with Gasteiger partial charge >= 0.3 is 5.97 Å². The minimum Gasteiger partial charge on any atom is -0.469 e. The van der Waals surface area contributed by atoms with Gasteiger partial charge in [-0.25, -0.2) is 8.42 Å². The topological polar surface area (TPSA) is 75.7 Å². The van der Waals surface area contributed by atoms with Gasteiger partial charge in [-0.2, -0.15) is 4.31 Å². The number of ether oxygens (including phenoxy) is 1. The number of hydrogen-bond acceptors (Lipinski definition) is 5. The van der Waals surface area contributed by atoms with Crippen LogP contribution in [-0.2, 0) is 25.0 Å². The van der Waals surface area contributed by atoms with E-state index in [1.165, 1.54) is 7.11 Å². The Morgan fingerprint density at radius 3 is 2.60 bits per heavy atom. The molecular weight excluding hydrogens is 400 g/mol. The van der Waals surface area contributed by atoms with Crippen LogP contribution in [0.25, 0.3) is 0 Å². The first-order valence-electron chi connectivity index (χ1n) is 10.4. The standard InChI is InChI=1S/C23H26N2O4S/c1-16-9-11-17(12-10-16)30(27,28)25-15-14-22-18-6-3-4-8-20(18)24-23(22,25)13-5-7-19(22)21(26)29-2/h3-4,6,8-12,19,24H,5,7,13-15H2,1-2H3/t19-,22-,23-/m0/s1. The Balaban J connectivity index is 1.70. The number of benzene rings is 2. The van der Waals surface area contributed by atoms with Crippen molar-refractivity contribution in [1.29, 1.82) is 0 Å². The second-order valence-electron chi connectivity index (χ2n) is 8.61. The van der Waals surface area contributed by atoms with E-state index >= 15 is 0 Å². The fourth-order valence-corrected chi connectivity index (χ4v) is 7.90. The molecule has 0 aromatic heterocycles. The van der Waals surface area contributed by atoms with Gasteiger partial charge in [0.15, 0.2) is 0 Å². The lowest BCUT2D eigenvalue weighted by Gasteiger charge is -2.51. The maximum absolute atomic E-state index is 13.8. The molecule has 6 nitrogen and oxygen atoms in total. The average Bonchev–Trinajstić information content (AvgIpc) is 3.24. The van der Waals surface area contributed by atoms with Gasteiger partial charge in [0, 0.05) is 17.6 Å². The summed E-state index contributed by atoms with van der Waals surface area (Å²) >= 11 is 0. The molecule has 0 amide bonds. The molecule has 2 fully saturated rings. The Morgan fingerprint density at radius 1 is 1.13 bits per heavy atom. The van der Waals surface area contributed by atoms with E-state index in [-0.39, 0.29) is 16.8 Å². The highest BCUT2D eigenvalue weighted by atomic mass is 32.2. The smallest absolute Gasteiger partial charge is 0.309 e. The van der Waals surface area contributed by atoms with Gasteiger partial charge < -0.3 is 10.1 Å². The molecule has 2 aromatic rings.